The molecule has 0 fully saturated rings. The second-order valence-electron chi connectivity index (χ2n) is 1.58. The average molecular weight is 124 g/mol. The molecule has 0 atom stereocenters. The Hall–Kier alpha value is 0.250. The Kier molecular flexibility index (Phi) is 9.17. The van der Waals surface area contributed by atoms with Crippen LogP contribution in [0.1, 0.15) is 26.7 Å². The molecule has 0 aromatic rings. The van der Waals surface area contributed by atoms with Gasteiger partial charge >= 0.3 is 0 Å². The quantitative estimate of drug-likeness (QED) is 0.593. The first-order chi connectivity index (χ1) is 2.81. The minimum atomic E-state index is 0. The summed E-state index contributed by atoms with van der Waals surface area (Å²) in [7, 11) is 0. The van der Waals surface area contributed by atoms with Crippen molar-refractivity contribution in [3.8, 4) is 0 Å². The summed E-state index contributed by atoms with van der Waals surface area (Å²) in [5.41, 5.74) is 5.47. The number of halogens is 1. The Morgan fingerprint density at radius 1 is 1.29 bits per heavy atom. The first-order valence-electron chi connectivity index (χ1n) is 2.56. The maximum atomic E-state index is 5.47. The van der Waals surface area contributed by atoms with Gasteiger partial charge in [0.1, 0.15) is 0 Å². The average Bonchev–Trinajstić information content (AvgIpc) is 1.65. The molecule has 0 rings (SSSR count). The van der Waals surface area contributed by atoms with Crippen molar-refractivity contribution >= 4 is 12.4 Å². The maximum absolute atomic E-state index is 5.47. The summed E-state index contributed by atoms with van der Waals surface area (Å²) in [6.07, 6.45) is 2.22. The second kappa shape index (κ2) is 6.25. The Morgan fingerprint density at radius 2 is 1.57 bits per heavy atom. The SMILES string of the molecule is CCC(N)CC.Cl. The molecule has 0 spiro atoms. The number of hydrogen-bond donors (Lipinski definition) is 1. The molecule has 0 aliphatic heterocycles. The van der Waals surface area contributed by atoms with Gasteiger partial charge in [0.25, 0.3) is 0 Å². The summed E-state index contributed by atoms with van der Waals surface area (Å²) in [5.74, 6) is 0. The lowest BCUT2D eigenvalue weighted by molar-refractivity contribution is 0.629. The molecule has 1 nitrogen and oxygen atoms in total. The van der Waals surface area contributed by atoms with Crippen LogP contribution < -0.4 is 5.73 Å². The van der Waals surface area contributed by atoms with Crippen molar-refractivity contribution in [2.45, 2.75) is 32.7 Å². The zero-order valence-corrected chi connectivity index (χ0v) is 5.79. The van der Waals surface area contributed by atoms with Gasteiger partial charge in [0.05, 0.1) is 0 Å². The number of nitrogens with two attached hydrogens (primary N) is 1. The van der Waals surface area contributed by atoms with E-state index in [4.69, 9.17) is 5.73 Å². The van der Waals surface area contributed by atoms with Gasteiger partial charge < -0.3 is 5.73 Å². The van der Waals surface area contributed by atoms with E-state index in [1.165, 1.54) is 0 Å². The molecule has 0 radical (unpaired) electrons. The summed E-state index contributed by atoms with van der Waals surface area (Å²) < 4.78 is 0. The molecule has 0 aromatic heterocycles. The highest BCUT2D eigenvalue weighted by Gasteiger charge is 1.88. The Labute approximate surface area is 51.7 Å². The lowest BCUT2D eigenvalue weighted by Crippen LogP contribution is -2.16. The van der Waals surface area contributed by atoms with Crippen LogP contribution >= 0.6 is 12.4 Å². The molecule has 2 heteroatoms. The van der Waals surface area contributed by atoms with E-state index in [9.17, 15) is 0 Å². The zero-order chi connectivity index (χ0) is 4.99. The fraction of sp³-hybridized carbons (Fsp3) is 1.00. The molecule has 0 heterocycles. The highest BCUT2D eigenvalue weighted by molar-refractivity contribution is 5.85. The van der Waals surface area contributed by atoms with Crippen LogP contribution in [0.2, 0.25) is 0 Å². The maximum Gasteiger partial charge on any atom is 0.00335 e. The number of rotatable bonds is 2. The highest BCUT2D eigenvalue weighted by Crippen LogP contribution is 1.88. The van der Waals surface area contributed by atoms with E-state index in [0.29, 0.717) is 6.04 Å². The van der Waals surface area contributed by atoms with E-state index >= 15 is 0 Å². The van der Waals surface area contributed by atoms with Gasteiger partial charge in [-0.15, -0.1) is 12.4 Å². The molecule has 0 aliphatic carbocycles. The highest BCUT2D eigenvalue weighted by atomic mass is 35.5. The van der Waals surface area contributed by atoms with Gasteiger partial charge in [-0.25, -0.2) is 0 Å². The molecule has 0 aromatic carbocycles. The van der Waals surface area contributed by atoms with Crippen LogP contribution in [0.15, 0.2) is 0 Å². The van der Waals surface area contributed by atoms with E-state index in [2.05, 4.69) is 13.8 Å². The number of hydrogen-bond acceptors (Lipinski definition) is 1. The van der Waals surface area contributed by atoms with Crippen LogP contribution in [0.25, 0.3) is 0 Å². The second-order valence-corrected chi connectivity index (χ2v) is 1.58. The molecule has 0 amide bonds. The van der Waals surface area contributed by atoms with E-state index in [-0.39, 0.29) is 12.4 Å². The fourth-order valence-corrected chi connectivity index (χ4v) is 0.289. The first kappa shape index (κ1) is 10.3. The lowest BCUT2D eigenvalue weighted by atomic mass is 10.2. The Balaban J connectivity index is 0. The molecular formula is C5H14ClN. The van der Waals surface area contributed by atoms with Gasteiger partial charge in [-0.05, 0) is 12.8 Å². The molecule has 0 saturated heterocycles. The molecule has 0 bridgehead atoms. The Morgan fingerprint density at radius 3 is 1.57 bits per heavy atom. The van der Waals surface area contributed by atoms with Crippen molar-refractivity contribution in [1.29, 1.82) is 0 Å². The summed E-state index contributed by atoms with van der Waals surface area (Å²) >= 11 is 0. The van der Waals surface area contributed by atoms with Crippen molar-refractivity contribution in [3.63, 3.8) is 0 Å². The van der Waals surface area contributed by atoms with Gasteiger partial charge in [0.2, 0.25) is 0 Å². The van der Waals surface area contributed by atoms with Gasteiger partial charge in [0, 0.05) is 6.04 Å². The zero-order valence-electron chi connectivity index (χ0n) is 4.98. The van der Waals surface area contributed by atoms with Crippen molar-refractivity contribution < 1.29 is 0 Å². The molecule has 7 heavy (non-hydrogen) atoms. The van der Waals surface area contributed by atoms with E-state index in [1.807, 2.05) is 0 Å². The van der Waals surface area contributed by atoms with E-state index in [0.717, 1.165) is 12.8 Å². The Bertz CT molecular complexity index is 27.3. The summed E-state index contributed by atoms with van der Waals surface area (Å²) in [6.45, 7) is 4.21. The molecule has 2 N–H and O–H groups in total. The first-order valence-corrected chi connectivity index (χ1v) is 2.56. The van der Waals surface area contributed by atoms with Crippen molar-refractivity contribution in [2.24, 2.45) is 5.73 Å². The summed E-state index contributed by atoms with van der Waals surface area (Å²) in [4.78, 5) is 0. The topological polar surface area (TPSA) is 26.0 Å². The van der Waals surface area contributed by atoms with Crippen molar-refractivity contribution in [3.05, 3.63) is 0 Å². The standard InChI is InChI=1S/C5H13N.ClH/c1-3-5(6)4-2;/h5H,3-4,6H2,1-2H3;1H. The van der Waals surface area contributed by atoms with Gasteiger partial charge in [0.15, 0.2) is 0 Å². The van der Waals surface area contributed by atoms with Gasteiger partial charge in [-0.3, -0.25) is 0 Å². The molecule has 46 valence electrons. The van der Waals surface area contributed by atoms with Crippen LogP contribution in [-0.4, -0.2) is 6.04 Å². The van der Waals surface area contributed by atoms with Crippen molar-refractivity contribution in [2.75, 3.05) is 0 Å². The van der Waals surface area contributed by atoms with E-state index in [1.54, 1.807) is 0 Å². The van der Waals surface area contributed by atoms with Crippen LogP contribution in [-0.2, 0) is 0 Å². The third-order valence-corrected chi connectivity index (χ3v) is 1.05. The normalized spacial score (nSPS) is 8.57. The van der Waals surface area contributed by atoms with Crippen LogP contribution in [0, 0.1) is 0 Å². The van der Waals surface area contributed by atoms with Gasteiger partial charge in [-0.1, -0.05) is 13.8 Å². The summed E-state index contributed by atoms with van der Waals surface area (Å²) in [5, 5.41) is 0. The molecule has 0 saturated carbocycles. The fourth-order valence-electron chi connectivity index (χ4n) is 0.289. The van der Waals surface area contributed by atoms with Crippen LogP contribution in [0.4, 0.5) is 0 Å². The minimum absolute atomic E-state index is 0. The minimum Gasteiger partial charge on any atom is -0.328 e. The van der Waals surface area contributed by atoms with Crippen LogP contribution in [0.5, 0.6) is 0 Å². The smallest absolute Gasteiger partial charge is 0.00335 e. The lowest BCUT2D eigenvalue weighted by Gasteiger charge is -1.99. The van der Waals surface area contributed by atoms with Crippen LogP contribution in [0.3, 0.4) is 0 Å². The predicted octanol–water partition coefficient (Wildman–Crippen LogP) is 1.56. The molecule has 0 aliphatic rings. The predicted molar refractivity (Wildman–Crippen MR) is 35.8 cm³/mol. The van der Waals surface area contributed by atoms with Gasteiger partial charge in [-0.2, -0.15) is 0 Å². The molecule has 0 unspecified atom stereocenters. The monoisotopic (exact) mass is 123 g/mol. The summed E-state index contributed by atoms with van der Waals surface area (Å²) in [6, 6.07) is 0.435. The third-order valence-electron chi connectivity index (χ3n) is 1.05. The van der Waals surface area contributed by atoms with E-state index < -0.39 is 0 Å². The largest absolute Gasteiger partial charge is 0.328 e. The molecular weight excluding hydrogens is 110 g/mol. The third kappa shape index (κ3) is 6.25. The van der Waals surface area contributed by atoms with Crippen molar-refractivity contribution in [1.82, 2.24) is 0 Å².